The molecule has 0 saturated heterocycles. The highest BCUT2D eigenvalue weighted by molar-refractivity contribution is 7.80. The van der Waals surface area contributed by atoms with E-state index in [0.717, 1.165) is 11.6 Å². The van der Waals surface area contributed by atoms with E-state index in [0.29, 0.717) is 10.7 Å². The van der Waals surface area contributed by atoms with Crippen LogP contribution in [0.1, 0.15) is 15.9 Å². The van der Waals surface area contributed by atoms with Gasteiger partial charge in [0.25, 0.3) is 5.91 Å². The molecule has 2 aromatic carbocycles. The van der Waals surface area contributed by atoms with Gasteiger partial charge in [0.15, 0.2) is 5.11 Å². The average molecular weight is 323 g/mol. The van der Waals surface area contributed by atoms with Gasteiger partial charge in [-0.15, -0.1) is 0 Å². The summed E-state index contributed by atoms with van der Waals surface area (Å²) in [7, 11) is 0. The van der Waals surface area contributed by atoms with E-state index in [4.69, 9.17) is 23.8 Å². The minimum absolute atomic E-state index is 0.115. The van der Waals surface area contributed by atoms with Crippen molar-refractivity contribution in [2.45, 2.75) is 6.92 Å². The van der Waals surface area contributed by atoms with Crippen LogP contribution in [0.5, 0.6) is 0 Å². The molecule has 1 amide bonds. The van der Waals surface area contributed by atoms with E-state index in [-0.39, 0.29) is 10.7 Å². The standard InChI is InChI=1S/C15H12ClFN2OS/c1-9-5-6-12(8-13(9)16)18-15(21)19-14(20)10-3-2-4-11(17)7-10/h2-8H,1H3,(H2,18,19,20,21). The third kappa shape index (κ3) is 4.24. The van der Waals surface area contributed by atoms with Crippen molar-refractivity contribution in [3.05, 3.63) is 64.4 Å². The van der Waals surface area contributed by atoms with Gasteiger partial charge >= 0.3 is 0 Å². The highest BCUT2D eigenvalue weighted by Crippen LogP contribution is 2.19. The van der Waals surface area contributed by atoms with E-state index >= 15 is 0 Å². The van der Waals surface area contributed by atoms with Crippen molar-refractivity contribution < 1.29 is 9.18 Å². The van der Waals surface area contributed by atoms with Crippen LogP contribution in [0.2, 0.25) is 5.02 Å². The molecule has 0 radical (unpaired) electrons. The summed E-state index contributed by atoms with van der Waals surface area (Å²) in [6.07, 6.45) is 0. The van der Waals surface area contributed by atoms with E-state index < -0.39 is 11.7 Å². The Bertz CT molecular complexity index is 706. The van der Waals surface area contributed by atoms with Crippen LogP contribution in [-0.4, -0.2) is 11.0 Å². The molecule has 0 unspecified atom stereocenters. The summed E-state index contributed by atoms with van der Waals surface area (Å²) in [5.74, 6) is -0.961. The zero-order valence-corrected chi connectivity index (χ0v) is 12.7. The van der Waals surface area contributed by atoms with E-state index in [1.54, 1.807) is 12.1 Å². The first-order valence-electron chi connectivity index (χ1n) is 6.10. The Balaban J connectivity index is 2.01. The lowest BCUT2D eigenvalue weighted by molar-refractivity contribution is 0.0977. The number of thiocarbonyl (C=S) groups is 1. The molecule has 0 atom stereocenters. The first kappa shape index (κ1) is 15.4. The van der Waals surface area contributed by atoms with Gasteiger partial charge in [0.05, 0.1) is 0 Å². The van der Waals surface area contributed by atoms with Gasteiger partial charge < -0.3 is 5.32 Å². The lowest BCUT2D eigenvalue weighted by Crippen LogP contribution is -2.34. The molecule has 0 aliphatic heterocycles. The predicted molar refractivity (Wildman–Crippen MR) is 86.3 cm³/mol. The molecule has 0 fully saturated rings. The molecule has 0 bridgehead atoms. The lowest BCUT2D eigenvalue weighted by Gasteiger charge is -2.10. The van der Waals surface area contributed by atoms with Crippen molar-refractivity contribution in [1.82, 2.24) is 5.32 Å². The Hall–Kier alpha value is -1.98. The number of nitrogens with one attached hydrogen (secondary N) is 2. The molecule has 21 heavy (non-hydrogen) atoms. The SMILES string of the molecule is Cc1ccc(NC(=S)NC(=O)c2cccc(F)c2)cc1Cl. The van der Waals surface area contributed by atoms with Crippen LogP contribution in [0.3, 0.4) is 0 Å². The Kier molecular flexibility index (Phi) is 4.88. The fraction of sp³-hybridized carbons (Fsp3) is 0.0667. The van der Waals surface area contributed by atoms with Gasteiger partial charge in [0, 0.05) is 16.3 Å². The van der Waals surface area contributed by atoms with E-state index in [2.05, 4.69) is 10.6 Å². The predicted octanol–water partition coefficient (Wildman–Crippen LogP) is 3.91. The molecule has 0 aromatic heterocycles. The Morgan fingerprint density at radius 3 is 2.67 bits per heavy atom. The average Bonchev–Trinajstić information content (AvgIpc) is 2.43. The Labute approximate surface area is 132 Å². The molecule has 2 N–H and O–H groups in total. The van der Waals surface area contributed by atoms with Crippen molar-refractivity contribution in [3.63, 3.8) is 0 Å². The van der Waals surface area contributed by atoms with Crippen LogP contribution in [0.25, 0.3) is 0 Å². The maximum Gasteiger partial charge on any atom is 0.257 e. The molecule has 0 heterocycles. The van der Waals surface area contributed by atoms with Crippen molar-refractivity contribution in [1.29, 1.82) is 0 Å². The fourth-order valence-corrected chi connectivity index (χ4v) is 2.03. The fourth-order valence-electron chi connectivity index (χ4n) is 1.64. The maximum atomic E-state index is 13.1. The van der Waals surface area contributed by atoms with Gasteiger partial charge in [-0.1, -0.05) is 23.7 Å². The summed E-state index contributed by atoms with van der Waals surface area (Å²) in [4.78, 5) is 11.9. The second kappa shape index (κ2) is 6.65. The molecule has 108 valence electrons. The first-order chi connectivity index (χ1) is 9.95. The summed E-state index contributed by atoms with van der Waals surface area (Å²) in [6.45, 7) is 1.89. The Morgan fingerprint density at radius 1 is 1.24 bits per heavy atom. The largest absolute Gasteiger partial charge is 0.332 e. The van der Waals surface area contributed by atoms with Gasteiger partial charge in [0.1, 0.15) is 5.82 Å². The molecule has 2 rings (SSSR count). The number of amides is 1. The highest BCUT2D eigenvalue weighted by atomic mass is 35.5. The number of carbonyl (C=O) groups excluding carboxylic acids is 1. The monoisotopic (exact) mass is 322 g/mol. The van der Waals surface area contributed by atoms with Gasteiger partial charge in [-0.3, -0.25) is 10.1 Å². The smallest absolute Gasteiger partial charge is 0.257 e. The van der Waals surface area contributed by atoms with Crippen molar-refractivity contribution >= 4 is 40.5 Å². The molecule has 0 saturated carbocycles. The number of anilines is 1. The number of aryl methyl sites for hydroxylation is 1. The number of hydrogen-bond donors (Lipinski definition) is 2. The van der Waals surface area contributed by atoms with Gasteiger partial charge in [0.2, 0.25) is 0 Å². The van der Waals surface area contributed by atoms with Crippen LogP contribution in [0.4, 0.5) is 10.1 Å². The zero-order valence-electron chi connectivity index (χ0n) is 11.1. The van der Waals surface area contributed by atoms with Crippen LogP contribution >= 0.6 is 23.8 Å². The quantitative estimate of drug-likeness (QED) is 0.824. The molecule has 3 nitrogen and oxygen atoms in total. The molecule has 6 heteroatoms. The molecule has 0 spiro atoms. The van der Waals surface area contributed by atoms with Gasteiger partial charge in [-0.25, -0.2) is 4.39 Å². The topological polar surface area (TPSA) is 41.1 Å². The number of hydrogen-bond acceptors (Lipinski definition) is 2. The third-order valence-electron chi connectivity index (χ3n) is 2.74. The zero-order chi connectivity index (χ0) is 15.4. The second-order valence-corrected chi connectivity index (χ2v) is 5.20. The summed E-state index contributed by atoms with van der Waals surface area (Å²) >= 11 is 11.0. The van der Waals surface area contributed by atoms with Crippen LogP contribution < -0.4 is 10.6 Å². The van der Waals surface area contributed by atoms with Crippen molar-refractivity contribution in [2.24, 2.45) is 0 Å². The summed E-state index contributed by atoms with van der Waals surface area (Å²) in [5, 5.41) is 6.04. The number of rotatable bonds is 2. The molecule has 0 aliphatic carbocycles. The third-order valence-corrected chi connectivity index (χ3v) is 3.35. The minimum atomic E-state index is -0.481. The molecule has 0 aliphatic rings. The normalized spacial score (nSPS) is 10.0. The lowest BCUT2D eigenvalue weighted by atomic mass is 10.2. The van der Waals surface area contributed by atoms with Crippen LogP contribution in [0, 0.1) is 12.7 Å². The van der Waals surface area contributed by atoms with E-state index in [1.807, 2.05) is 13.0 Å². The number of benzene rings is 2. The number of carbonyl (C=O) groups is 1. The maximum absolute atomic E-state index is 13.1. The Morgan fingerprint density at radius 2 is 2.00 bits per heavy atom. The number of halogens is 2. The van der Waals surface area contributed by atoms with E-state index in [9.17, 15) is 9.18 Å². The summed E-state index contributed by atoms with van der Waals surface area (Å²) in [6, 6.07) is 10.7. The van der Waals surface area contributed by atoms with Crippen LogP contribution in [0.15, 0.2) is 42.5 Å². The molecule has 2 aromatic rings. The van der Waals surface area contributed by atoms with E-state index in [1.165, 1.54) is 18.2 Å². The highest BCUT2D eigenvalue weighted by Gasteiger charge is 2.09. The molecular formula is C15H12ClFN2OS. The summed E-state index contributed by atoms with van der Waals surface area (Å²) < 4.78 is 13.1. The van der Waals surface area contributed by atoms with Crippen LogP contribution in [-0.2, 0) is 0 Å². The second-order valence-electron chi connectivity index (χ2n) is 4.38. The summed E-state index contributed by atoms with van der Waals surface area (Å²) in [5.41, 5.74) is 1.80. The first-order valence-corrected chi connectivity index (χ1v) is 6.88. The van der Waals surface area contributed by atoms with Crippen molar-refractivity contribution in [2.75, 3.05) is 5.32 Å². The van der Waals surface area contributed by atoms with Gasteiger partial charge in [-0.05, 0) is 55.0 Å². The van der Waals surface area contributed by atoms with Crippen molar-refractivity contribution in [3.8, 4) is 0 Å². The van der Waals surface area contributed by atoms with Gasteiger partial charge in [-0.2, -0.15) is 0 Å². The molecular weight excluding hydrogens is 311 g/mol. The minimum Gasteiger partial charge on any atom is -0.332 e.